The molecule has 92 valence electrons. The Morgan fingerprint density at radius 3 is 1.12 bits per heavy atom. The highest BCUT2D eigenvalue weighted by Crippen LogP contribution is 2.19. The van der Waals surface area contributed by atoms with Gasteiger partial charge in [0.2, 0.25) is 0 Å². The predicted molar refractivity (Wildman–Crippen MR) is 29.7 cm³/mol. The van der Waals surface area contributed by atoms with Crippen LogP contribution in [-0.4, -0.2) is 30.4 Å². The van der Waals surface area contributed by atoms with E-state index < -0.39 is 30.4 Å². The molecule has 0 rings (SSSR count). The topological polar surface area (TPSA) is 69.7 Å². The first-order valence-electron chi connectivity index (χ1n) is 3.06. The van der Waals surface area contributed by atoms with Crippen molar-refractivity contribution in [1.29, 1.82) is 0 Å². The Labute approximate surface area is 81.9 Å². The van der Waals surface area contributed by atoms with E-state index in [2.05, 4.69) is 9.47 Å². The summed E-state index contributed by atoms with van der Waals surface area (Å²) in [4.78, 5) is 29.8. The average Bonchev–Trinajstić information content (AvgIpc) is 1.99. The summed E-state index contributed by atoms with van der Waals surface area (Å²) in [5.41, 5.74) is 0. The van der Waals surface area contributed by atoms with Gasteiger partial charge in [-0.15, -0.1) is 0 Å². The maximum absolute atomic E-state index is 11.4. The lowest BCUT2D eigenvalue weighted by Gasteiger charge is -2.06. The van der Waals surface area contributed by atoms with Crippen LogP contribution in [0.3, 0.4) is 0 Å². The summed E-state index contributed by atoms with van der Waals surface area (Å²) in [6.45, 7) is 0. The second-order valence-electron chi connectivity index (χ2n) is 2.02. The van der Waals surface area contributed by atoms with Gasteiger partial charge >= 0.3 is 30.4 Å². The molecule has 0 atom stereocenters. The lowest BCUT2D eigenvalue weighted by Crippen LogP contribution is -2.32. The molecule has 0 aliphatic heterocycles. The van der Waals surface area contributed by atoms with Crippen molar-refractivity contribution in [3.8, 4) is 0 Å². The third-order valence-corrected chi connectivity index (χ3v) is 0.815. The smallest absolute Gasteiger partial charge is 0.353 e. The van der Waals surface area contributed by atoms with E-state index in [0.29, 0.717) is 0 Å². The van der Waals surface area contributed by atoms with Gasteiger partial charge in [-0.25, -0.2) is 14.4 Å². The SMILES string of the molecule is O=C(OC(=O)C(F)(F)F)OC(=O)C(F)(F)F. The summed E-state index contributed by atoms with van der Waals surface area (Å²) in [6.07, 6.45) is -13.9. The Morgan fingerprint density at radius 1 is 0.688 bits per heavy atom. The van der Waals surface area contributed by atoms with Gasteiger partial charge < -0.3 is 9.47 Å². The molecule has 0 fully saturated rings. The monoisotopic (exact) mass is 254 g/mol. The standard InChI is InChI=1S/C5F6O5/c6-4(7,8)1(12)15-3(14)16-2(13)5(9,10)11. The molecule has 16 heavy (non-hydrogen) atoms. The normalized spacial score (nSPS) is 11.9. The number of hydrogen-bond acceptors (Lipinski definition) is 5. The van der Waals surface area contributed by atoms with E-state index in [4.69, 9.17) is 0 Å². The molecule has 0 heterocycles. The van der Waals surface area contributed by atoms with Crippen LogP contribution in [0, 0.1) is 0 Å². The molecule has 5 nitrogen and oxygen atoms in total. The lowest BCUT2D eigenvalue weighted by molar-refractivity contribution is -0.203. The third-order valence-electron chi connectivity index (χ3n) is 0.815. The van der Waals surface area contributed by atoms with Crippen molar-refractivity contribution in [3.63, 3.8) is 0 Å². The van der Waals surface area contributed by atoms with Gasteiger partial charge in [0.15, 0.2) is 0 Å². The minimum atomic E-state index is -5.60. The van der Waals surface area contributed by atoms with Crippen LogP contribution in [0.25, 0.3) is 0 Å². The van der Waals surface area contributed by atoms with Crippen LogP contribution in [0.1, 0.15) is 0 Å². The van der Waals surface area contributed by atoms with E-state index in [1.807, 2.05) is 0 Å². The Bertz CT molecular complexity index is 284. The van der Waals surface area contributed by atoms with E-state index in [-0.39, 0.29) is 0 Å². The van der Waals surface area contributed by atoms with Crippen molar-refractivity contribution in [2.75, 3.05) is 0 Å². The van der Waals surface area contributed by atoms with Crippen molar-refractivity contribution in [2.45, 2.75) is 12.4 Å². The molecular formula is C5F6O5. The largest absolute Gasteiger partial charge is 0.524 e. The second-order valence-corrected chi connectivity index (χ2v) is 2.02. The van der Waals surface area contributed by atoms with Gasteiger partial charge in [0.1, 0.15) is 0 Å². The molecule has 11 heteroatoms. The van der Waals surface area contributed by atoms with Gasteiger partial charge in [-0.05, 0) is 0 Å². The molecule has 0 saturated heterocycles. The minimum absolute atomic E-state index is 2.72. The van der Waals surface area contributed by atoms with Crippen molar-refractivity contribution in [1.82, 2.24) is 0 Å². The Balaban J connectivity index is 4.32. The molecule has 0 aromatic rings. The lowest BCUT2D eigenvalue weighted by atomic mass is 10.7. The fraction of sp³-hybridized carbons (Fsp3) is 0.400. The molecular weight excluding hydrogens is 254 g/mol. The first-order valence-corrected chi connectivity index (χ1v) is 3.06. The van der Waals surface area contributed by atoms with Crippen molar-refractivity contribution >= 4 is 18.1 Å². The summed E-state index contributed by atoms with van der Waals surface area (Å²) < 4.78 is 73.8. The molecule has 0 saturated carbocycles. The summed E-state index contributed by atoms with van der Waals surface area (Å²) in [6, 6.07) is 0. The summed E-state index contributed by atoms with van der Waals surface area (Å²) in [7, 11) is 0. The highest BCUT2D eigenvalue weighted by Gasteiger charge is 2.46. The summed E-state index contributed by atoms with van der Waals surface area (Å²) in [5.74, 6) is -6.21. The maximum atomic E-state index is 11.4. The average molecular weight is 254 g/mol. The van der Waals surface area contributed by atoms with E-state index in [0.717, 1.165) is 0 Å². The van der Waals surface area contributed by atoms with E-state index in [1.165, 1.54) is 0 Å². The van der Waals surface area contributed by atoms with Crippen molar-refractivity contribution < 1.29 is 50.2 Å². The van der Waals surface area contributed by atoms with Crippen LogP contribution in [-0.2, 0) is 19.1 Å². The molecule has 0 radical (unpaired) electrons. The number of rotatable bonds is 0. The number of halogens is 6. The second kappa shape index (κ2) is 4.37. The van der Waals surface area contributed by atoms with Gasteiger partial charge in [-0.1, -0.05) is 0 Å². The quantitative estimate of drug-likeness (QED) is 0.370. The zero-order valence-corrected chi connectivity index (χ0v) is 6.81. The summed E-state index contributed by atoms with van der Waals surface area (Å²) >= 11 is 0. The van der Waals surface area contributed by atoms with Crippen LogP contribution >= 0.6 is 0 Å². The zero-order chi connectivity index (χ0) is 13.1. The van der Waals surface area contributed by atoms with Crippen molar-refractivity contribution in [2.24, 2.45) is 0 Å². The Kier molecular flexibility index (Phi) is 3.87. The van der Waals surface area contributed by atoms with Crippen LogP contribution in [0.4, 0.5) is 31.1 Å². The number of esters is 2. The highest BCUT2D eigenvalue weighted by molar-refractivity contribution is 5.91. The minimum Gasteiger partial charge on any atom is -0.353 e. The van der Waals surface area contributed by atoms with Gasteiger partial charge in [0.05, 0.1) is 0 Å². The van der Waals surface area contributed by atoms with Gasteiger partial charge in [-0.3, -0.25) is 0 Å². The van der Waals surface area contributed by atoms with Crippen LogP contribution < -0.4 is 0 Å². The van der Waals surface area contributed by atoms with Crippen molar-refractivity contribution in [3.05, 3.63) is 0 Å². The summed E-state index contributed by atoms with van der Waals surface area (Å²) in [5, 5.41) is 0. The molecule has 0 aromatic heterocycles. The zero-order valence-electron chi connectivity index (χ0n) is 6.81. The first kappa shape index (κ1) is 14.2. The molecule has 0 aliphatic rings. The number of hydrogen-bond donors (Lipinski definition) is 0. The molecule has 0 amide bonds. The highest BCUT2D eigenvalue weighted by atomic mass is 19.4. The molecule has 0 aliphatic carbocycles. The van der Waals surface area contributed by atoms with E-state index in [9.17, 15) is 40.7 Å². The molecule has 0 bridgehead atoms. The first-order chi connectivity index (χ1) is 6.94. The number of ether oxygens (including phenoxy) is 2. The number of carbonyl (C=O) groups is 3. The molecule has 0 unspecified atom stereocenters. The third kappa shape index (κ3) is 4.61. The molecule has 0 N–H and O–H groups in total. The fourth-order valence-corrected chi connectivity index (χ4v) is 0.288. The van der Waals surface area contributed by atoms with Gasteiger partial charge in [-0.2, -0.15) is 26.3 Å². The number of carbonyl (C=O) groups excluding carboxylic acids is 3. The predicted octanol–water partition coefficient (Wildman–Crippen LogP) is 1.32. The maximum Gasteiger partial charge on any atom is 0.524 e. The molecule has 0 spiro atoms. The van der Waals surface area contributed by atoms with Crippen LogP contribution in [0.15, 0.2) is 0 Å². The van der Waals surface area contributed by atoms with Gasteiger partial charge in [0, 0.05) is 0 Å². The molecule has 0 aromatic carbocycles. The van der Waals surface area contributed by atoms with Crippen LogP contribution in [0.2, 0.25) is 0 Å². The fourth-order valence-electron chi connectivity index (χ4n) is 0.288. The Hall–Kier alpha value is -1.81. The van der Waals surface area contributed by atoms with E-state index >= 15 is 0 Å². The van der Waals surface area contributed by atoms with E-state index in [1.54, 1.807) is 0 Å². The Morgan fingerprint density at radius 2 is 0.938 bits per heavy atom. The number of alkyl halides is 6. The van der Waals surface area contributed by atoms with Crippen LogP contribution in [0.5, 0.6) is 0 Å². The van der Waals surface area contributed by atoms with Gasteiger partial charge in [0.25, 0.3) is 0 Å².